The summed E-state index contributed by atoms with van der Waals surface area (Å²) in [5.41, 5.74) is 7.36. The minimum atomic E-state index is -1.02. The molecule has 0 fully saturated rings. The average molecular weight is 272 g/mol. The minimum Gasteiger partial charge on any atom is -0.496 e. The zero-order chi connectivity index (χ0) is 13.9. The highest BCUT2D eigenvalue weighted by Gasteiger charge is 2.19. The summed E-state index contributed by atoms with van der Waals surface area (Å²) in [6.45, 7) is 4.03. The van der Waals surface area contributed by atoms with E-state index in [4.69, 9.17) is 27.2 Å². The maximum Gasteiger partial charge on any atom is 0.320 e. The lowest BCUT2D eigenvalue weighted by Gasteiger charge is -2.18. The van der Waals surface area contributed by atoms with E-state index in [2.05, 4.69) is 0 Å². The summed E-state index contributed by atoms with van der Waals surface area (Å²) in [6, 6.07) is 2.54. The third-order valence-corrected chi connectivity index (χ3v) is 2.97. The second kappa shape index (κ2) is 6.07. The lowest BCUT2D eigenvalue weighted by atomic mass is 9.92. The Morgan fingerprint density at radius 2 is 2.11 bits per heavy atom. The first-order valence-corrected chi connectivity index (χ1v) is 6.09. The van der Waals surface area contributed by atoms with Crippen LogP contribution in [0.3, 0.4) is 0 Å². The summed E-state index contributed by atoms with van der Waals surface area (Å²) < 4.78 is 5.30. The van der Waals surface area contributed by atoms with Gasteiger partial charge in [-0.05, 0) is 30.0 Å². The van der Waals surface area contributed by atoms with Gasteiger partial charge in [0.25, 0.3) is 0 Å². The average Bonchev–Trinajstić information content (AvgIpc) is 2.27. The van der Waals surface area contributed by atoms with Gasteiger partial charge in [-0.1, -0.05) is 25.4 Å². The van der Waals surface area contributed by atoms with Crippen molar-refractivity contribution in [2.75, 3.05) is 7.11 Å². The lowest BCUT2D eigenvalue weighted by Crippen LogP contribution is -2.32. The maximum atomic E-state index is 10.8. The largest absolute Gasteiger partial charge is 0.496 e. The Morgan fingerprint density at radius 3 is 2.56 bits per heavy atom. The Hall–Kier alpha value is -1.26. The van der Waals surface area contributed by atoms with Crippen LogP contribution in [0.1, 0.15) is 30.9 Å². The van der Waals surface area contributed by atoms with Crippen LogP contribution in [-0.4, -0.2) is 24.2 Å². The smallest absolute Gasteiger partial charge is 0.320 e. The van der Waals surface area contributed by atoms with Crippen LogP contribution >= 0.6 is 11.6 Å². The van der Waals surface area contributed by atoms with E-state index in [0.29, 0.717) is 10.8 Å². The molecule has 3 N–H and O–H groups in total. The normalized spacial score (nSPS) is 12.6. The summed E-state index contributed by atoms with van der Waals surface area (Å²) in [5, 5.41) is 9.40. The number of hydrogen-bond donors (Lipinski definition) is 2. The van der Waals surface area contributed by atoms with Crippen LogP contribution in [-0.2, 0) is 11.2 Å². The molecule has 0 aliphatic carbocycles. The van der Waals surface area contributed by atoms with Crippen LogP contribution in [0.4, 0.5) is 0 Å². The number of benzene rings is 1. The highest BCUT2D eigenvalue weighted by Crippen LogP contribution is 2.33. The number of carboxylic acid groups (broad SMARTS) is 1. The molecular formula is C13H18ClNO3. The van der Waals surface area contributed by atoms with Gasteiger partial charge in [0.05, 0.1) is 7.11 Å². The molecule has 18 heavy (non-hydrogen) atoms. The van der Waals surface area contributed by atoms with Gasteiger partial charge in [0.1, 0.15) is 11.8 Å². The Kier molecular flexibility index (Phi) is 4.99. The molecule has 0 bridgehead atoms. The summed E-state index contributed by atoms with van der Waals surface area (Å²) >= 11 is 6.00. The standard InChI is InChI=1S/C13H18ClNO3/c1-7(2)12-8(5-10(15)13(16)17)4-9(14)6-11(12)18-3/h4,6-7,10H,5,15H2,1-3H3,(H,16,17). The van der Waals surface area contributed by atoms with Gasteiger partial charge in [0.2, 0.25) is 0 Å². The molecule has 0 aromatic heterocycles. The molecule has 1 rings (SSSR count). The van der Waals surface area contributed by atoms with E-state index in [1.54, 1.807) is 19.2 Å². The van der Waals surface area contributed by atoms with Crippen molar-refractivity contribution in [2.45, 2.75) is 32.2 Å². The van der Waals surface area contributed by atoms with Gasteiger partial charge in [-0.2, -0.15) is 0 Å². The number of rotatable bonds is 5. The molecule has 0 saturated carbocycles. The van der Waals surface area contributed by atoms with Crippen molar-refractivity contribution in [1.82, 2.24) is 0 Å². The third-order valence-electron chi connectivity index (χ3n) is 2.75. The zero-order valence-corrected chi connectivity index (χ0v) is 11.5. The van der Waals surface area contributed by atoms with Crippen molar-refractivity contribution in [3.05, 3.63) is 28.3 Å². The number of nitrogens with two attached hydrogens (primary N) is 1. The molecule has 0 spiro atoms. The number of carboxylic acids is 1. The number of carbonyl (C=O) groups is 1. The predicted octanol–water partition coefficient (Wildman–Crippen LogP) is 2.43. The number of hydrogen-bond acceptors (Lipinski definition) is 3. The van der Waals surface area contributed by atoms with Crippen molar-refractivity contribution in [1.29, 1.82) is 0 Å². The van der Waals surface area contributed by atoms with E-state index in [-0.39, 0.29) is 12.3 Å². The molecule has 1 unspecified atom stereocenters. The number of methoxy groups -OCH3 is 1. The first-order chi connectivity index (χ1) is 8.36. The summed E-state index contributed by atoms with van der Waals surface area (Å²) in [5.74, 6) is -0.151. The summed E-state index contributed by atoms with van der Waals surface area (Å²) in [6.07, 6.45) is 0.236. The van der Waals surface area contributed by atoms with Crippen LogP contribution in [0, 0.1) is 0 Å². The van der Waals surface area contributed by atoms with Crippen molar-refractivity contribution in [2.24, 2.45) is 5.73 Å². The second-order valence-electron chi connectivity index (χ2n) is 4.48. The molecule has 0 radical (unpaired) electrons. The van der Waals surface area contributed by atoms with Crippen LogP contribution in [0.15, 0.2) is 12.1 Å². The molecule has 0 aliphatic rings. The molecule has 0 amide bonds. The fourth-order valence-corrected chi connectivity index (χ4v) is 2.20. The first-order valence-electron chi connectivity index (χ1n) is 5.71. The monoisotopic (exact) mass is 271 g/mol. The van der Waals surface area contributed by atoms with Gasteiger partial charge in [0.15, 0.2) is 0 Å². The first kappa shape index (κ1) is 14.8. The Bertz CT molecular complexity index is 446. The van der Waals surface area contributed by atoms with E-state index < -0.39 is 12.0 Å². The number of aliphatic carboxylic acids is 1. The van der Waals surface area contributed by atoms with Crippen LogP contribution < -0.4 is 10.5 Å². The summed E-state index contributed by atoms with van der Waals surface area (Å²) in [7, 11) is 1.57. The van der Waals surface area contributed by atoms with Crippen LogP contribution in [0.25, 0.3) is 0 Å². The van der Waals surface area contributed by atoms with Gasteiger partial charge >= 0.3 is 5.97 Å². The maximum absolute atomic E-state index is 10.8. The van der Waals surface area contributed by atoms with Gasteiger partial charge in [0, 0.05) is 10.6 Å². The van der Waals surface area contributed by atoms with Crippen LogP contribution in [0.2, 0.25) is 5.02 Å². The molecule has 0 heterocycles. The van der Waals surface area contributed by atoms with Crippen molar-refractivity contribution < 1.29 is 14.6 Å². The van der Waals surface area contributed by atoms with E-state index in [0.717, 1.165) is 11.1 Å². The van der Waals surface area contributed by atoms with Crippen molar-refractivity contribution in [3.63, 3.8) is 0 Å². The van der Waals surface area contributed by atoms with Crippen molar-refractivity contribution >= 4 is 17.6 Å². The quantitative estimate of drug-likeness (QED) is 0.863. The van der Waals surface area contributed by atoms with Crippen LogP contribution in [0.5, 0.6) is 5.75 Å². The number of halogens is 1. The highest BCUT2D eigenvalue weighted by atomic mass is 35.5. The van der Waals surface area contributed by atoms with E-state index in [9.17, 15) is 4.79 Å². The Morgan fingerprint density at radius 1 is 1.50 bits per heavy atom. The SMILES string of the molecule is COc1cc(Cl)cc(CC(N)C(=O)O)c1C(C)C. The summed E-state index contributed by atoms with van der Waals surface area (Å²) in [4.78, 5) is 10.8. The molecule has 0 saturated heterocycles. The van der Waals surface area contributed by atoms with Gasteiger partial charge in [-0.3, -0.25) is 4.79 Å². The Balaban J connectivity index is 3.23. The predicted molar refractivity (Wildman–Crippen MR) is 71.4 cm³/mol. The van der Waals surface area contributed by atoms with Crippen molar-refractivity contribution in [3.8, 4) is 5.75 Å². The molecule has 1 aromatic rings. The van der Waals surface area contributed by atoms with Gasteiger partial charge in [-0.25, -0.2) is 0 Å². The molecule has 5 heteroatoms. The van der Waals surface area contributed by atoms with E-state index >= 15 is 0 Å². The molecule has 100 valence electrons. The molecule has 0 aliphatic heterocycles. The highest BCUT2D eigenvalue weighted by molar-refractivity contribution is 6.30. The molecule has 1 atom stereocenters. The molecule has 4 nitrogen and oxygen atoms in total. The second-order valence-corrected chi connectivity index (χ2v) is 4.92. The fourth-order valence-electron chi connectivity index (χ4n) is 1.96. The molecule has 1 aromatic carbocycles. The zero-order valence-electron chi connectivity index (χ0n) is 10.7. The topological polar surface area (TPSA) is 72.5 Å². The molecular weight excluding hydrogens is 254 g/mol. The van der Waals surface area contributed by atoms with E-state index in [1.807, 2.05) is 13.8 Å². The number of ether oxygens (including phenoxy) is 1. The Labute approximate surface area is 112 Å². The van der Waals surface area contributed by atoms with E-state index in [1.165, 1.54) is 0 Å². The van der Waals surface area contributed by atoms with Gasteiger partial charge < -0.3 is 15.6 Å². The van der Waals surface area contributed by atoms with Gasteiger partial charge in [-0.15, -0.1) is 0 Å². The third kappa shape index (κ3) is 3.37. The lowest BCUT2D eigenvalue weighted by molar-refractivity contribution is -0.138. The fraction of sp³-hybridized carbons (Fsp3) is 0.462. The minimum absolute atomic E-state index is 0.202.